The molecule has 0 saturated carbocycles. The maximum absolute atomic E-state index is 13.3. The average molecular weight is 485 g/mol. The number of rotatable bonds is 8. The minimum absolute atomic E-state index is 0.132. The number of aryl methyl sites for hydroxylation is 1. The van der Waals surface area contributed by atoms with E-state index >= 15 is 0 Å². The first-order chi connectivity index (χ1) is 17.3. The molecule has 4 aromatic rings. The first-order valence-corrected chi connectivity index (χ1v) is 11.8. The van der Waals surface area contributed by atoms with E-state index in [-0.39, 0.29) is 17.6 Å². The molecular weight excluding hydrogens is 455 g/mol. The molecule has 0 spiro atoms. The number of hydrogen-bond acceptors (Lipinski definition) is 3. The standard InChI is InChI=1S/C29H29FN4O2/c1-19(2)27(32-28(35)22-12-8-20(3)9-13-22)29(36)33-31-16-23-18-34(26-7-5-4-6-25(23)26)17-21-10-14-24(30)15-11-21/h4-16,18-19,27H,17H2,1-3H3,(H,32,35)(H,33,36). The predicted octanol–water partition coefficient (Wildman–Crippen LogP) is 5.04. The number of carbonyl (C=O) groups is 2. The van der Waals surface area contributed by atoms with Gasteiger partial charge in [-0.3, -0.25) is 9.59 Å². The van der Waals surface area contributed by atoms with E-state index in [4.69, 9.17) is 0 Å². The molecule has 0 aliphatic heterocycles. The van der Waals surface area contributed by atoms with Gasteiger partial charge in [0.25, 0.3) is 11.8 Å². The molecule has 7 heteroatoms. The van der Waals surface area contributed by atoms with Crippen molar-refractivity contribution in [3.05, 3.63) is 107 Å². The fraction of sp³-hybridized carbons (Fsp3) is 0.207. The Morgan fingerprint density at radius 2 is 1.69 bits per heavy atom. The summed E-state index contributed by atoms with van der Waals surface area (Å²) in [5.74, 6) is -1.10. The first kappa shape index (κ1) is 24.9. The number of fused-ring (bicyclic) bond motifs is 1. The molecule has 3 aromatic carbocycles. The molecule has 0 fully saturated rings. The van der Waals surface area contributed by atoms with Gasteiger partial charge in [0.1, 0.15) is 11.9 Å². The van der Waals surface area contributed by atoms with Crippen molar-refractivity contribution in [2.75, 3.05) is 0 Å². The van der Waals surface area contributed by atoms with Gasteiger partial charge in [-0.05, 0) is 48.7 Å². The Kier molecular flexibility index (Phi) is 7.59. The number of halogens is 1. The van der Waals surface area contributed by atoms with E-state index in [1.165, 1.54) is 12.1 Å². The molecule has 0 radical (unpaired) electrons. The van der Waals surface area contributed by atoms with Gasteiger partial charge in [0.05, 0.1) is 6.21 Å². The lowest BCUT2D eigenvalue weighted by Crippen LogP contribution is -2.48. The maximum atomic E-state index is 13.3. The van der Waals surface area contributed by atoms with E-state index in [0.29, 0.717) is 12.1 Å². The first-order valence-electron chi connectivity index (χ1n) is 11.8. The fourth-order valence-electron chi connectivity index (χ4n) is 3.99. The Morgan fingerprint density at radius 1 is 1.00 bits per heavy atom. The molecule has 0 aliphatic rings. The van der Waals surface area contributed by atoms with Gasteiger partial charge in [0.2, 0.25) is 0 Å². The van der Waals surface area contributed by atoms with Crippen molar-refractivity contribution in [2.45, 2.75) is 33.4 Å². The van der Waals surface area contributed by atoms with Crippen LogP contribution in [-0.4, -0.2) is 28.6 Å². The van der Waals surface area contributed by atoms with E-state index < -0.39 is 11.9 Å². The Labute approximate surface area is 209 Å². The van der Waals surface area contributed by atoms with E-state index in [2.05, 4.69) is 20.4 Å². The Morgan fingerprint density at radius 3 is 2.39 bits per heavy atom. The van der Waals surface area contributed by atoms with Crippen molar-refractivity contribution in [3.8, 4) is 0 Å². The zero-order valence-corrected chi connectivity index (χ0v) is 20.5. The summed E-state index contributed by atoms with van der Waals surface area (Å²) in [6, 6.07) is 20.7. The number of amides is 2. The van der Waals surface area contributed by atoms with Gasteiger partial charge in [-0.25, -0.2) is 9.82 Å². The molecule has 2 N–H and O–H groups in total. The smallest absolute Gasteiger partial charge is 0.262 e. The van der Waals surface area contributed by atoms with Crippen molar-refractivity contribution in [3.63, 3.8) is 0 Å². The van der Waals surface area contributed by atoms with Gasteiger partial charge in [-0.1, -0.05) is 61.9 Å². The van der Waals surface area contributed by atoms with Crippen LogP contribution in [0.3, 0.4) is 0 Å². The summed E-state index contributed by atoms with van der Waals surface area (Å²) in [5, 5.41) is 7.97. The van der Waals surface area contributed by atoms with Crippen molar-refractivity contribution < 1.29 is 14.0 Å². The van der Waals surface area contributed by atoms with E-state index in [9.17, 15) is 14.0 Å². The predicted molar refractivity (Wildman–Crippen MR) is 140 cm³/mol. The third kappa shape index (κ3) is 5.86. The molecule has 6 nitrogen and oxygen atoms in total. The highest BCUT2D eigenvalue weighted by atomic mass is 19.1. The largest absolute Gasteiger partial charge is 0.342 e. The third-order valence-corrected chi connectivity index (χ3v) is 6.01. The Hall–Kier alpha value is -4.26. The second-order valence-corrected chi connectivity index (χ2v) is 9.15. The minimum atomic E-state index is -0.740. The summed E-state index contributed by atoms with van der Waals surface area (Å²) in [7, 11) is 0. The number of para-hydroxylation sites is 1. The molecule has 36 heavy (non-hydrogen) atoms. The van der Waals surface area contributed by atoms with Crippen LogP contribution >= 0.6 is 0 Å². The lowest BCUT2D eigenvalue weighted by atomic mass is 10.0. The van der Waals surface area contributed by atoms with Gasteiger partial charge in [-0.2, -0.15) is 5.10 Å². The molecular formula is C29H29FN4O2. The van der Waals surface area contributed by atoms with Crippen molar-refractivity contribution in [2.24, 2.45) is 11.0 Å². The third-order valence-electron chi connectivity index (χ3n) is 6.01. The number of aromatic nitrogens is 1. The van der Waals surface area contributed by atoms with Crippen LogP contribution in [0.5, 0.6) is 0 Å². The van der Waals surface area contributed by atoms with Crippen LogP contribution in [0.1, 0.15) is 40.9 Å². The number of nitrogens with one attached hydrogen (secondary N) is 2. The molecule has 0 saturated heterocycles. The van der Waals surface area contributed by atoms with Crippen LogP contribution in [0.4, 0.5) is 4.39 Å². The van der Waals surface area contributed by atoms with Crippen molar-refractivity contribution in [1.82, 2.24) is 15.3 Å². The number of carbonyl (C=O) groups excluding carboxylic acids is 2. The second kappa shape index (κ2) is 11.0. The van der Waals surface area contributed by atoms with E-state index in [1.807, 2.05) is 63.4 Å². The molecule has 0 aliphatic carbocycles. The van der Waals surface area contributed by atoms with Gasteiger partial charge >= 0.3 is 0 Å². The van der Waals surface area contributed by atoms with Crippen LogP contribution in [0.15, 0.2) is 84.1 Å². The Bertz CT molecular complexity index is 1390. The van der Waals surface area contributed by atoms with E-state index in [1.54, 1.807) is 30.5 Å². The summed E-state index contributed by atoms with van der Waals surface area (Å²) in [6.07, 6.45) is 3.54. The lowest BCUT2D eigenvalue weighted by Gasteiger charge is -2.20. The van der Waals surface area contributed by atoms with Crippen molar-refractivity contribution >= 4 is 28.9 Å². The molecule has 1 heterocycles. The zero-order valence-electron chi connectivity index (χ0n) is 20.5. The number of hydrazone groups is 1. The Balaban J connectivity index is 1.47. The SMILES string of the molecule is Cc1ccc(C(=O)NC(C(=O)NN=Cc2cn(Cc3ccc(F)cc3)c3ccccc23)C(C)C)cc1. The van der Waals surface area contributed by atoms with Crippen molar-refractivity contribution in [1.29, 1.82) is 0 Å². The summed E-state index contributed by atoms with van der Waals surface area (Å²) in [6.45, 7) is 6.25. The average Bonchev–Trinajstić information content (AvgIpc) is 3.21. The monoisotopic (exact) mass is 484 g/mol. The van der Waals surface area contributed by atoms with Crippen LogP contribution in [0.25, 0.3) is 10.9 Å². The quantitative estimate of drug-likeness (QED) is 0.272. The second-order valence-electron chi connectivity index (χ2n) is 9.15. The minimum Gasteiger partial charge on any atom is -0.342 e. The zero-order chi connectivity index (χ0) is 25.7. The number of hydrogen-bond donors (Lipinski definition) is 2. The molecule has 4 rings (SSSR count). The summed E-state index contributed by atoms with van der Waals surface area (Å²) >= 11 is 0. The van der Waals surface area contributed by atoms with E-state index in [0.717, 1.165) is 27.6 Å². The van der Waals surface area contributed by atoms with Crippen LogP contribution < -0.4 is 10.7 Å². The number of nitrogens with zero attached hydrogens (tertiary/aromatic N) is 2. The fourth-order valence-corrected chi connectivity index (χ4v) is 3.99. The summed E-state index contributed by atoms with van der Waals surface area (Å²) in [5.41, 5.74) is 6.93. The molecule has 2 amide bonds. The maximum Gasteiger partial charge on any atom is 0.262 e. The molecule has 1 atom stereocenters. The lowest BCUT2D eigenvalue weighted by molar-refractivity contribution is -0.123. The molecule has 1 unspecified atom stereocenters. The molecule has 184 valence electrons. The summed E-state index contributed by atoms with van der Waals surface area (Å²) in [4.78, 5) is 25.5. The number of benzene rings is 3. The van der Waals surface area contributed by atoms with Crippen LogP contribution in [0, 0.1) is 18.7 Å². The molecule has 1 aromatic heterocycles. The highest BCUT2D eigenvalue weighted by Gasteiger charge is 2.24. The highest BCUT2D eigenvalue weighted by Crippen LogP contribution is 2.21. The summed E-state index contributed by atoms with van der Waals surface area (Å²) < 4.78 is 15.3. The topological polar surface area (TPSA) is 75.5 Å². The normalized spacial score (nSPS) is 12.2. The van der Waals surface area contributed by atoms with Crippen LogP contribution in [0.2, 0.25) is 0 Å². The van der Waals surface area contributed by atoms with Gasteiger partial charge in [0, 0.05) is 34.8 Å². The highest BCUT2D eigenvalue weighted by molar-refractivity contribution is 6.00. The van der Waals surface area contributed by atoms with Gasteiger partial charge in [-0.15, -0.1) is 0 Å². The van der Waals surface area contributed by atoms with Gasteiger partial charge in [0.15, 0.2) is 0 Å². The van der Waals surface area contributed by atoms with Gasteiger partial charge < -0.3 is 9.88 Å². The molecule has 0 bridgehead atoms. The van der Waals surface area contributed by atoms with Crippen LogP contribution in [-0.2, 0) is 11.3 Å².